The molecule has 11 aromatic rings. The second-order valence-corrected chi connectivity index (χ2v) is 13.7. The molecule has 0 aliphatic rings. The Bertz CT molecular complexity index is 3080. The SMILES string of the molecule is c1ccc(-c2nc(-c3cc(-c4c5cccnc5cc5cccnc45)cc(-c4c5cccnc5cc5cccnc45)c3)nc(-c3ccc4ncccc4c3)n2)cc1. The second-order valence-electron chi connectivity index (χ2n) is 13.7. The van der Waals surface area contributed by atoms with Gasteiger partial charge in [0.05, 0.1) is 27.6 Å². The summed E-state index contributed by atoms with van der Waals surface area (Å²) in [6.45, 7) is 0. The minimum absolute atomic E-state index is 0.537. The molecule has 6 heterocycles. The van der Waals surface area contributed by atoms with E-state index in [1.54, 1.807) is 6.20 Å². The third kappa shape index (κ3) is 5.39. The highest BCUT2D eigenvalue weighted by Gasteiger charge is 2.20. The van der Waals surface area contributed by atoms with E-state index in [0.717, 1.165) is 93.5 Å². The van der Waals surface area contributed by atoms with Crippen LogP contribution in [-0.2, 0) is 0 Å². The molecule has 0 spiro atoms. The highest BCUT2D eigenvalue weighted by atomic mass is 15.0. The van der Waals surface area contributed by atoms with Gasteiger partial charge in [0.25, 0.3) is 0 Å². The lowest BCUT2D eigenvalue weighted by atomic mass is 9.90. The molecule has 0 aliphatic carbocycles. The summed E-state index contributed by atoms with van der Waals surface area (Å²) in [4.78, 5) is 39.5. The van der Waals surface area contributed by atoms with Gasteiger partial charge < -0.3 is 0 Å². The standard InChI is InChI=1S/C48H28N8/c1-2-9-29(10-3-1)46-54-47(33-16-17-39-30(23-33)11-4-18-49-39)56-48(55-46)36-25-34(42-37-14-7-19-50-40(37)27-31-12-5-21-52-44(31)42)24-35(26-36)43-38-15-8-20-51-41(38)28-32-13-6-22-53-45(32)43/h1-28H. The molecule has 0 radical (unpaired) electrons. The summed E-state index contributed by atoms with van der Waals surface area (Å²) in [5, 5.41) is 5.00. The fourth-order valence-corrected chi connectivity index (χ4v) is 7.72. The molecule has 0 bridgehead atoms. The van der Waals surface area contributed by atoms with Gasteiger partial charge in [0.2, 0.25) is 0 Å². The van der Waals surface area contributed by atoms with Crippen molar-refractivity contribution in [2.24, 2.45) is 0 Å². The molecule has 0 saturated carbocycles. The molecule has 11 rings (SSSR count). The summed E-state index contributed by atoms with van der Waals surface area (Å²) >= 11 is 0. The van der Waals surface area contributed by atoms with Gasteiger partial charge in [-0.3, -0.25) is 24.9 Å². The maximum atomic E-state index is 5.23. The minimum Gasteiger partial charge on any atom is -0.256 e. The number of pyridine rings is 5. The highest BCUT2D eigenvalue weighted by molar-refractivity contribution is 6.13. The highest BCUT2D eigenvalue weighted by Crippen LogP contribution is 2.42. The average Bonchev–Trinajstić information content (AvgIpc) is 3.27. The predicted molar refractivity (Wildman–Crippen MR) is 224 cm³/mol. The summed E-state index contributed by atoms with van der Waals surface area (Å²) in [5.74, 6) is 1.68. The van der Waals surface area contributed by atoms with Crippen LogP contribution < -0.4 is 0 Å². The quantitative estimate of drug-likeness (QED) is 0.162. The number of hydrogen-bond acceptors (Lipinski definition) is 8. The molecule has 0 unspecified atom stereocenters. The van der Waals surface area contributed by atoms with Crippen molar-refractivity contribution >= 4 is 54.5 Å². The van der Waals surface area contributed by atoms with E-state index in [1.165, 1.54) is 0 Å². The summed E-state index contributed by atoms with van der Waals surface area (Å²) < 4.78 is 0. The Hall–Kier alpha value is -7.84. The van der Waals surface area contributed by atoms with Crippen molar-refractivity contribution in [3.05, 3.63) is 171 Å². The molecule has 8 nitrogen and oxygen atoms in total. The summed E-state index contributed by atoms with van der Waals surface area (Å²) in [5.41, 5.74) is 10.9. The third-order valence-electron chi connectivity index (χ3n) is 10.2. The van der Waals surface area contributed by atoms with Crippen LogP contribution in [0, 0.1) is 0 Å². The molecule has 6 aromatic heterocycles. The first-order chi connectivity index (χ1) is 27.7. The molecular weight excluding hydrogens is 689 g/mol. The van der Waals surface area contributed by atoms with E-state index < -0.39 is 0 Å². The van der Waals surface area contributed by atoms with E-state index in [0.29, 0.717) is 17.5 Å². The van der Waals surface area contributed by atoms with Crippen molar-refractivity contribution in [2.75, 3.05) is 0 Å². The zero-order chi connectivity index (χ0) is 37.0. The average molecular weight is 717 g/mol. The zero-order valence-electron chi connectivity index (χ0n) is 29.7. The first-order valence-corrected chi connectivity index (χ1v) is 18.3. The fraction of sp³-hybridized carbons (Fsp3) is 0. The lowest BCUT2D eigenvalue weighted by Crippen LogP contribution is -2.01. The predicted octanol–water partition coefficient (Wildman–Crippen LogP) is 10.9. The maximum absolute atomic E-state index is 5.23. The van der Waals surface area contributed by atoms with Crippen molar-refractivity contribution in [3.8, 4) is 56.4 Å². The first-order valence-electron chi connectivity index (χ1n) is 18.3. The van der Waals surface area contributed by atoms with Crippen molar-refractivity contribution < 1.29 is 0 Å². The smallest absolute Gasteiger partial charge is 0.164 e. The van der Waals surface area contributed by atoms with Gasteiger partial charge in [-0.1, -0.05) is 60.7 Å². The molecule has 0 atom stereocenters. The third-order valence-corrected chi connectivity index (χ3v) is 10.2. The fourth-order valence-electron chi connectivity index (χ4n) is 7.72. The van der Waals surface area contributed by atoms with Crippen LogP contribution in [0.3, 0.4) is 0 Å². The monoisotopic (exact) mass is 716 g/mol. The van der Waals surface area contributed by atoms with E-state index in [2.05, 4.69) is 71.7 Å². The van der Waals surface area contributed by atoms with Crippen LogP contribution in [0.4, 0.5) is 0 Å². The Balaban J connectivity index is 1.25. The van der Waals surface area contributed by atoms with Crippen molar-refractivity contribution in [1.29, 1.82) is 0 Å². The van der Waals surface area contributed by atoms with E-state index >= 15 is 0 Å². The molecule has 0 amide bonds. The molecule has 0 aliphatic heterocycles. The van der Waals surface area contributed by atoms with Gasteiger partial charge in [-0.25, -0.2) is 15.0 Å². The Morgan fingerprint density at radius 3 is 1.38 bits per heavy atom. The molecule has 260 valence electrons. The van der Waals surface area contributed by atoms with E-state index in [-0.39, 0.29) is 0 Å². The summed E-state index contributed by atoms with van der Waals surface area (Å²) in [7, 11) is 0. The molecule has 5 aromatic carbocycles. The molecule has 8 heteroatoms. The Labute approximate surface area is 320 Å². The molecule has 56 heavy (non-hydrogen) atoms. The van der Waals surface area contributed by atoms with Gasteiger partial charge in [0, 0.05) is 85.7 Å². The van der Waals surface area contributed by atoms with Crippen molar-refractivity contribution in [1.82, 2.24) is 39.9 Å². The first kappa shape index (κ1) is 31.7. The van der Waals surface area contributed by atoms with Crippen LogP contribution >= 0.6 is 0 Å². The Morgan fingerprint density at radius 2 is 0.768 bits per heavy atom. The number of hydrogen-bond donors (Lipinski definition) is 0. The number of rotatable bonds is 5. The van der Waals surface area contributed by atoms with Gasteiger partial charge in [0.1, 0.15) is 0 Å². The Kier molecular flexibility index (Phi) is 7.31. The van der Waals surface area contributed by atoms with Crippen LogP contribution in [0.1, 0.15) is 0 Å². The zero-order valence-corrected chi connectivity index (χ0v) is 29.7. The van der Waals surface area contributed by atoms with Crippen LogP contribution in [-0.4, -0.2) is 39.9 Å². The number of benzene rings is 5. The van der Waals surface area contributed by atoms with Crippen LogP contribution in [0.15, 0.2) is 171 Å². The van der Waals surface area contributed by atoms with Crippen LogP contribution in [0.2, 0.25) is 0 Å². The maximum Gasteiger partial charge on any atom is 0.164 e. The van der Waals surface area contributed by atoms with Crippen molar-refractivity contribution in [3.63, 3.8) is 0 Å². The van der Waals surface area contributed by atoms with Gasteiger partial charge in [-0.2, -0.15) is 0 Å². The number of fused-ring (bicyclic) bond motifs is 5. The van der Waals surface area contributed by atoms with E-state index in [1.807, 2.05) is 97.6 Å². The van der Waals surface area contributed by atoms with Gasteiger partial charge in [-0.05, 0) is 90.0 Å². The Morgan fingerprint density at radius 1 is 0.286 bits per heavy atom. The lowest BCUT2D eigenvalue weighted by Gasteiger charge is -2.16. The number of nitrogens with zero attached hydrogens (tertiary/aromatic N) is 8. The summed E-state index contributed by atoms with van der Waals surface area (Å²) in [6, 6.07) is 47.2. The van der Waals surface area contributed by atoms with E-state index in [9.17, 15) is 0 Å². The van der Waals surface area contributed by atoms with Gasteiger partial charge in [-0.15, -0.1) is 0 Å². The molecule has 0 N–H and O–H groups in total. The summed E-state index contributed by atoms with van der Waals surface area (Å²) in [6.07, 6.45) is 9.15. The largest absolute Gasteiger partial charge is 0.256 e. The van der Waals surface area contributed by atoms with Crippen LogP contribution in [0.5, 0.6) is 0 Å². The molecular formula is C48H28N8. The number of aromatic nitrogens is 8. The minimum atomic E-state index is 0.537. The van der Waals surface area contributed by atoms with Gasteiger partial charge >= 0.3 is 0 Å². The topological polar surface area (TPSA) is 103 Å². The second kappa shape index (κ2) is 12.9. The molecule has 0 fully saturated rings. The lowest BCUT2D eigenvalue weighted by molar-refractivity contribution is 1.07. The normalized spacial score (nSPS) is 11.6. The van der Waals surface area contributed by atoms with E-state index in [4.69, 9.17) is 34.9 Å². The van der Waals surface area contributed by atoms with Crippen LogP contribution in [0.25, 0.3) is 111 Å². The van der Waals surface area contributed by atoms with Gasteiger partial charge in [0.15, 0.2) is 17.5 Å². The molecule has 0 saturated heterocycles. The van der Waals surface area contributed by atoms with Crippen molar-refractivity contribution in [2.45, 2.75) is 0 Å².